The van der Waals surface area contributed by atoms with Crippen molar-refractivity contribution >= 4 is 5.91 Å². The first-order chi connectivity index (χ1) is 6.68. The molecule has 1 heterocycles. The van der Waals surface area contributed by atoms with Crippen LogP contribution in [0.25, 0.3) is 0 Å². The van der Waals surface area contributed by atoms with Gasteiger partial charge >= 0.3 is 0 Å². The van der Waals surface area contributed by atoms with Crippen LogP contribution in [-0.4, -0.2) is 23.9 Å². The minimum atomic E-state index is 0.176. The van der Waals surface area contributed by atoms with Gasteiger partial charge in [-0.25, -0.2) is 0 Å². The van der Waals surface area contributed by atoms with E-state index in [1.807, 2.05) is 13.8 Å². The first-order valence-electron chi connectivity index (χ1n) is 5.97. The van der Waals surface area contributed by atoms with Crippen LogP contribution in [0.2, 0.25) is 0 Å². The van der Waals surface area contributed by atoms with Crippen LogP contribution in [0, 0.1) is 17.8 Å². The molecule has 1 saturated carbocycles. The van der Waals surface area contributed by atoms with E-state index in [0.29, 0.717) is 5.91 Å². The Balaban J connectivity index is 1.95. The number of likely N-dealkylation sites (tertiary alicyclic amines) is 1. The van der Waals surface area contributed by atoms with E-state index >= 15 is 0 Å². The Bertz CT molecular complexity index is 210. The van der Waals surface area contributed by atoms with E-state index in [-0.39, 0.29) is 5.92 Å². The minimum Gasteiger partial charge on any atom is -0.342 e. The molecule has 80 valence electrons. The van der Waals surface area contributed by atoms with Crippen molar-refractivity contribution < 1.29 is 4.79 Å². The number of carbonyl (C=O) groups excluding carboxylic acids is 1. The van der Waals surface area contributed by atoms with Gasteiger partial charge in [-0.15, -0.1) is 0 Å². The number of carbonyl (C=O) groups is 1. The van der Waals surface area contributed by atoms with Crippen LogP contribution in [0.1, 0.15) is 39.5 Å². The molecule has 0 N–H and O–H groups in total. The Morgan fingerprint density at radius 1 is 1.14 bits per heavy atom. The van der Waals surface area contributed by atoms with Crippen LogP contribution in [-0.2, 0) is 4.79 Å². The molecule has 2 rings (SSSR count). The Labute approximate surface area is 86.7 Å². The van der Waals surface area contributed by atoms with Crippen LogP contribution in [0.15, 0.2) is 0 Å². The zero-order chi connectivity index (χ0) is 10.1. The molecule has 0 unspecified atom stereocenters. The summed E-state index contributed by atoms with van der Waals surface area (Å²) >= 11 is 0. The van der Waals surface area contributed by atoms with E-state index in [1.165, 1.54) is 25.7 Å². The van der Waals surface area contributed by atoms with E-state index in [4.69, 9.17) is 0 Å². The molecule has 1 amide bonds. The molecule has 0 bridgehead atoms. The molecular weight excluding hydrogens is 174 g/mol. The van der Waals surface area contributed by atoms with Gasteiger partial charge in [0, 0.05) is 19.0 Å². The third-order valence-electron chi connectivity index (χ3n) is 3.78. The summed E-state index contributed by atoms with van der Waals surface area (Å²) in [5, 5.41) is 0. The second-order valence-electron chi connectivity index (χ2n) is 5.20. The number of hydrogen-bond donors (Lipinski definition) is 0. The lowest BCUT2D eigenvalue weighted by Gasteiger charge is -2.22. The van der Waals surface area contributed by atoms with Gasteiger partial charge in [0.1, 0.15) is 0 Å². The maximum Gasteiger partial charge on any atom is 0.225 e. The number of rotatable bonds is 1. The molecule has 0 aromatic heterocycles. The van der Waals surface area contributed by atoms with Crippen molar-refractivity contribution in [1.82, 2.24) is 4.90 Å². The predicted octanol–water partition coefficient (Wildman–Crippen LogP) is 2.29. The van der Waals surface area contributed by atoms with Crippen molar-refractivity contribution in [1.29, 1.82) is 0 Å². The molecule has 0 radical (unpaired) electrons. The molecule has 2 atom stereocenters. The fourth-order valence-corrected chi connectivity index (χ4v) is 2.95. The van der Waals surface area contributed by atoms with Gasteiger partial charge in [-0.05, 0) is 24.7 Å². The molecule has 0 aromatic rings. The largest absolute Gasteiger partial charge is 0.342 e. The fraction of sp³-hybridized carbons (Fsp3) is 0.917. The highest BCUT2D eigenvalue weighted by atomic mass is 16.2. The van der Waals surface area contributed by atoms with E-state index in [2.05, 4.69) is 4.90 Å². The summed E-state index contributed by atoms with van der Waals surface area (Å²) in [6, 6.07) is 0. The topological polar surface area (TPSA) is 20.3 Å². The SMILES string of the molecule is CC(C)C(=O)N1C[C@H]2CCCC[C@H]2C1. The number of fused-ring (bicyclic) bond motifs is 1. The lowest BCUT2D eigenvalue weighted by molar-refractivity contribution is -0.133. The van der Waals surface area contributed by atoms with Crippen molar-refractivity contribution in [3.05, 3.63) is 0 Å². The Hall–Kier alpha value is -0.530. The summed E-state index contributed by atoms with van der Waals surface area (Å²) in [5.74, 6) is 2.19. The highest BCUT2D eigenvalue weighted by Crippen LogP contribution is 2.36. The maximum absolute atomic E-state index is 11.8. The van der Waals surface area contributed by atoms with Crippen molar-refractivity contribution in [2.75, 3.05) is 13.1 Å². The molecule has 1 aliphatic heterocycles. The van der Waals surface area contributed by atoms with Crippen molar-refractivity contribution in [2.24, 2.45) is 17.8 Å². The smallest absolute Gasteiger partial charge is 0.225 e. The fourth-order valence-electron chi connectivity index (χ4n) is 2.95. The van der Waals surface area contributed by atoms with Crippen molar-refractivity contribution in [3.63, 3.8) is 0 Å². The van der Waals surface area contributed by atoms with Gasteiger partial charge in [0.2, 0.25) is 5.91 Å². The first kappa shape index (κ1) is 10.0. The van der Waals surface area contributed by atoms with E-state index in [0.717, 1.165) is 24.9 Å². The second-order valence-corrected chi connectivity index (χ2v) is 5.20. The average Bonchev–Trinajstić information content (AvgIpc) is 2.59. The Morgan fingerprint density at radius 2 is 1.64 bits per heavy atom. The highest BCUT2D eigenvalue weighted by Gasteiger charge is 2.36. The van der Waals surface area contributed by atoms with E-state index < -0.39 is 0 Å². The zero-order valence-corrected chi connectivity index (χ0v) is 9.33. The molecule has 1 saturated heterocycles. The van der Waals surface area contributed by atoms with Gasteiger partial charge in [0.25, 0.3) is 0 Å². The standard InChI is InChI=1S/C12H21NO/c1-9(2)12(14)13-7-10-5-3-4-6-11(10)8-13/h9-11H,3-8H2,1-2H3/t10-,11+. The Kier molecular flexibility index (Phi) is 2.80. The van der Waals surface area contributed by atoms with Crippen LogP contribution in [0.5, 0.6) is 0 Å². The van der Waals surface area contributed by atoms with Crippen LogP contribution < -0.4 is 0 Å². The quantitative estimate of drug-likeness (QED) is 0.628. The van der Waals surface area contributed by atoms with Crippen molar-refractivity contribution in [2.45, 2.75) is 39.5 Å². The van der Waals surface area contributed by atoms with E-state index in [1.54, 1.807) is 0 Å². The number of hydrogen-bond acceptors (Lipinski definition) is 1. The van der Waals surface area contributed by atoms with Gasteiger partial charge in [-0.3, -0.25) is 4.79 Å². The lowest BCUT2D eigenvalue weighted by Crippen LogP contribution is -2.32. The van der Waals surface area contributed by atoms with Crippen LogP contribution >= 0.6 is 0 Å². The van der Waals surface area contributed by atoms with Crippen molar-refractivity contribution in [3.8, 4) is 0 Å². The molecule has 2 aliphatic rings. The van der Waals surface area contributed by atoms with Gasteiger partial charge < -0.3 is 4.90 Å². The summed E-state index contributed by atoms with van der Waals surface area (Å²) in [7, 11) is 0. The maximum atomic E-state index is 11.8. The second kappa shape index (κ2) is 3.92. The number of nitrogens with zero attached hydrogens (tertiary/aromatic N) is 1. The molecule has 14 heavy (non-hydrogen) atoms. The third-order valence-corrected chi connectivity index (χ3v) is 3.78. The highest BCUT2D eigenvalue weighted by molar-refractivity contribution is 5.78. The molecular formula is C12H21NO. The molecule has 0 spiro atoms. The summed E-state index contributed by atoms with van der Waals surface area (Å²) in [5.41, 5.74) is 0. The van der Waals surface area contributed by atoms with Crippen LogP contribution in [0.4, 0.5) is 0 Å². The predicted molar refractivity (Wildman–Crippen MR) is 56.9 cm³/mol. The molecule has 2 fully saturated rings. The minimum absolute atomic E-state index is 0.176. The summed E-state index contributed by atoms with van der Waals surface area (Å²) in [4.78, 5) is 13.9. The first-order valence-corrected chi connectivity index (χ1v) is 5.97. The third kappa shape index (κ3) is 1.79. The van der Waals surface area contributed by atoms with E-state index in [9.17, 15) is 4.79 Å². The normalized spacial score (nSPS) is 32.1. The molecule has 2 nitrogen and oxygen atoms in total. The Morgan fingerprint density at radius 3 is 2.07 bits per heavy atom. The average molecular weight is 195 g/mol. The number of amides is 1. The van der Waals surface area contributed by atoms with Gasteiger partial charge in [0.05, 0.1) is 0 Å². The van der Waals surface area contributed by atoms with Gasteiger partial charge in [0.15, 0.2) is 0 Å². The molecule has 0 aromatic carbocycles. The zero-order valence-electron chi connectivity index (χ0n) is 9.33. The van der Waals surface area contributed by atoms with Crippen LogP contribution in [0.3, 0.4) is 0 Å². The van der Waals surface area contributed by atoms with Gasteiger partial charge in [-0.1, -0.05) is 26.7 Å². The monoisotopic (exact) mass is 195 g/mol. The lowest BCUT2D eigenvalue weighted by atomic mass is 9.82. The summed E-state index contributed by atoms with van der Waals surface area (Å²) < 4.78 is 0. The molecule has 2 heteroatoms. The summed E-state index contributed by atoms with van der Waals surface area (Å²) in [6.45, 7) is 6.10. The molecule has 1 aliphatic carbocycles. The summed E-state index contributed by atoms with van der Waals surface area (Å²) in [6.07, 6.45) is 5.47. The van der Waals surface area contributed by atoms with Gasteiger partial charge in [-0.2, -0.15) is 0 Å².